The highest BCUT2D eigenvalue weighted by Crippen LogP contribution is 2.32. The molecular formula is C22H24N2O2S. The largest absolute Gasteiger partial charge is 0.492 e. The standard InChI is InChI=1S/C22H24N2O2S/c1-16-8-2-7-13-20(16)26-14-15-27-22-23-19-12-6-5-11-18(19)21(25)24(22)17-9-3-4-10-17/h2,5-8,11-13,17H,3-4,9-10,14-15H2,1H3. The van der Waals surface area contributed by atoms with Gasteiger partial charge in [0.15, 0.2) is 5.16 Å². The number of para-hydroxylation sites is 2. The quantitative estimate of drug-likeness (QED) is 0.343. The van der Waals surface area contributed by atoms with Crippen LogP contribution in [0, 0.1) is 6.92 Å². The van der Waals surface area contributed by atoms with Gasteiger partial charge in [-0.3, -0.25) is 9.36 Å². The third kappa shape index (κ3) is 3.88. The summed E-state index contributed by atoms with van der Waals surface area (Å²) >= 11 is 1.61. The fraction of sp³-hybridized carbons (Fsp3) is 0.364. The molecule has 0 amide bonds. The SMILES string of the molecule is Cc1ccccc1OCCSc1nc2ccccc2c(=O)n1C1CCCC1. The Morgan fingerprint density at radius 2 is 1.85 bits per heavy atom. The molecule has 140 valence electrons. The summed E-state index contributed by atoms with van der Waals surface area (Å²) in [6.45, 7) is 2.63. The zero-order valence-corrected chi connectivity index (χ0v) is 16.4. The molecule has 0 bridgehead atoms. The number of benzene rings is 2. The highest BCUT2D eigenvalue weighted by molar-refractivity contribution is 7.99. The Labute approximate surface area is 163 Å². The minimum atomic E-state index is 0.0924. The van der Waals surface area contributed by atoms with E-state index in [1.54, 1.807) is 11.8 Å². The van der Waals surface area contributed by atoms with Crippen molar-refractivity contribution in [1.82, 2.24) is 9.55 Å². The molecule has 1 saturated carbocycles. The molecular weight excluding hydrogens is 356 g/mol. The molecule has 4 nitrogen and oxygen atoms in total. The van der Waals surface area contributed by atoms with E-state index in [1.807, 2.05) is 60.0 Å². The van der Waals surface area contributed by atoms with Crippen LogP contribution in [0.25, 0.3) is 10.9 Å². The lowest BCUT2D eigenvalue weighted by Crippen LogP contribution is -2.26. The van der Waals surface area contributed by atoms with Crippen molar-refractivity contribution < 1.29 is 4.74 Å². The number of ether oxygens (including phenoxy) is 1. The van der Waals surface area contributed by atoms with Gasteiger partial charge in [-0.15, -0.1) is 0 Å². The molecule has 3 aromatic rings. The topological polar surface area (TPSA) is 44.1 Å². The van der Waals surface area contributed by atoms with E-state index in [0.29, 0.717) is 12.0 Å². The maximum Gasteiger partial charge on any atom is 0.262 e. The number of rotatable bonds is 6. The molecule has 2 aromatic carbocycles. The summed E-state index contributed by atoms with van der Waals surface area (Å²) in [5.74, 6) is 1.67. The smallest absolute Gasteiger partial charge is 0.262 e. The summed E-state index contributed by atoms with van der Waals surface area (Å²) in [6.07, 6.45) is 4.50. The second-order valence-electron chi connectivity index (χ2n) is 6.99. The Hall–Kier alpha value is -2.27. The van der Waals surface area contributed by atoms with Crippen molar-refractivity contribution in [3.63, 3.8) is 0 Å². The van der Waals surface area contributed by atoms with E-state index >= 15 is 0 Å². The Morgan fingerprint density at radius 1 is 1.11 bits per heavy atom. The number of aryl methyl sites for hydroxylation is 1. The highest BCUT2D eigenvalue weighted by atomic mass is 32.2. The third-order valence-corrected chi connectivity index (χ3v) is 6.05. The Morgan fingerprint density at radius 3 is 2.67 bits per heavy atom. The normalized spacial score (nSPS) is 14.7. The van der Waals surface area contributed by atoms with Crippen LogP contribution in [0.4, 0.5) is 0 Å². The first-order chi connectivity index (χ1) is 13.2. The minimum Gasteiger partial charge on any atom is -0.492 e. The van der Waals surface area contributed by atoms with Gasteiger partial charge < -0.3 is 4.74 Å². The number of hydrogen-bond donors (Lipinski definition) is 0. The van der Waals surface area contributed by atoms with E-state index in [-0.39, 0.29) is 11.6 Å². The molecule has 1 heterocycles. The fourth-order valence-electron chi connectivity index (χ4n) is 3.71. The molecule has 0 saturated heterocycles. The van der Waals surface area contributed by atoms with E-state index in [9.17, 15) is 4.79 Å². The van der Waals surface area contributed by atoms with Gasteiger partial charge in [-0.2, -0.15) is 0 Å². The first kappa shape index (κ1) is 18.1. The van der Waals surface area contributed by atoms with Gasteiger partial charge in [0.2, 0.25) is 0 Å². The Balaban J connectivity index is 1.55. The van der Waals surface area contributed by atoms with Crippen molar-refractivity contribution in [3.05, 3.63) is 64.4 Å². The van der Waals surface area contributed by atoms with Gasteiger partial charge in [-0.25, -0.2) is 4.98 Å². The lowest BCUT2D eigenvalue weighted by molar-refractivity contribution is 0.341. The summed E-state index contributed by atoms with van der Waals surface area (Å²) in [6, 6.07) is 15.9. The van der Waals surface area contributed by atoms with Gasteiger partial charge in [-0.05, 0) is 43.5 Å². The number of aromatic nitrogens is 2. The molecule has 1 aliphatic carbocycles. The van der Waals surface area contributed by atoms with Gasteiger partial charge >= 0.3 is 0 Å². The van der Waals surface area contributed by atoms with Crippen LogP contribution in [0.2, 0.25) is 0 Å². The van der Waals surface area contributed by atoms with E-state index in [0.717, 1.165) is 40.6 Å². The molecule has 4 rings (SSSR count). The van der Waals surface area contributed by atoms with Crippen LogP contribution >= 0.6 is 11.8 Å². The number of nitrogens with zero attached hydrogens (tertiary/aromatic N) is 2. The van der Waals surface area contributed by atoms with E-state index in [1.165, 1.54) is 12.8 Å². The van der Waals surface area contributed by atoms with E-state index in [4.69, 9.17) is 9.72 Å². The lowest BCUT2D eigenvalue weighted by atomic mass is 10.2. The van der Waals surface area contributed by atoms with Crippen molar-refractivity contribution in [2.45, 2.75) is 43.8 Å². The van der Waals surface area contributed by atoms with Crippen molar-refractivity contribution in [2.75, 3.05) is 12.4 Å². The zero-order chi connectivity index (χ0) is 18.6. The predicted molar refractivity (Wildman–Crippen MR) is 111 cm³/mol. The lowest BCUT2D eigenvalue weighted by Gasteiger charge is -2.18. The molecule has 1 aliphatic rings. The number of fused-ring (bicyclic) bond motifs is 1. The molecule has 27 heavy (non-hydrogen) atoms. The second kappa shape index (κ2) is 8.17. The summed E-state index contributed by atoms with van der Waals surface area (Å²) in [5.41, 5.74) is 2.00. The van der Waals surface area contributed by atoms with E-state index in [2.05, 4.69) is 0 Å². The van der Waals surface area contributed by atoms with Crippen molar-refractivity contribution >= 4 is 22.7 Å². The third-order valence-electron chi connectivity index (χ3n) is 5.13. The van der Waals surface area contributed by atoms with Gasteiger partial charge in [0, 0.05) is 11.8 Å². The summed E-state index contributed by atoms with van der Waals surface area (Å²) in [4.78, 5) is 17.9. The van der Waals surface area contributed by atoms with Gasteiger partial charge in [0.25, 0.3) is 5.56 Å². The summed E-state index contributed by atoms with van der Waals surface area (Å²) < 4.78 is 7.84. The zero-order valence-electron chi connectivity index (χ0n) is 15.6. The maximum absolute atomic E-state index is 13.1. The fourth-order valence-corrected chi connectivity index (χ4v) is 4.60. The maximum atomic E-state index is 13.1. The van der Waals surface area contributed by atoms with Crippen LogP contribution in [0.1, 0.15) is 37.3 Å². The molecule has 0 N–H and O–H groups in total. The Bertz CT molecular complexity index is 993. The molecule has 0 unspecified atom stereocenters. The molecule has 1 aromatic heterocycles. The average molecular weight is 381 g/mol. The molecule has 5 heteroatoms. The predicted octanol–water partition coefficient (Wildman–Crippen LogP) is 4.99. The Kier molecular flexibility index (Phi) is 5.48. The molecule has 0 aliphatic heterocycles. The van der Waals surface area contributed by atoms with Crippen molar-refractivity contribution in [1.29, 1.82) is 0 Å². The monoisotopic (exact) mass is 380 g/mol. The summed E-state index contributed by atoms with van der Waals surface area (Å²) in [7, 11) is 0. The van der Waals surface area contributed by atoms with Crippen molar-refractivity contribution in [2.24, 2.45) is 0 Å². The van der Waals surface area contributed by atoms with Gasteiger partial charge in [0.05, 0.1) is 17.5 Å². The molecule has 0 atom stereocenters. The highest BCUT2D eigenvalue weighted by Gasteiger charge is 2.22. The minimum absolute atomic E-state index is 0.0924. The van der Waals surface area contributed by atoms with Crippen LogP contribution in [-0.2, 0) is 0 Å². The van der Waals surface area contributed by atoms with Crippen LogP contribution in [-0.4, -0.2) is 21.9 Å². The van der Waals surface area contributed by atoms with Crippen LogP contribution in [0.5, 0.6) is 5.75 Å². The molecule has 1 fully saturated rings. The van der Waals surface area contributed by atoms with Crippen LogP contribution < -0.4 is 10.3 Å². The van der Waals surface area contributed by atoms with Crippen LogP contribution in [0.3, 0.4) is 0 Å². The second-order valence-corrected chi connectivity index (χ2v) is 8.05. The van der Waals surface area contributed by atoms with E-state index < -0.39 is 0 Å². The molecule has 0 spiro atoms. The van der Waals surface area contributed by atoms with Crippen LogP contribution in [0.15, 0.2) is 58.5 Å². The van der Waals surface area contributed by atoms with Gasteiger partial charge in [-0.1, -0.05) is 54.9 Å². The summed E-state index contributed by atoms with van der Waals surface area (Å²) in [5, 5.41) is 1.53. The first-order valence-electron chi connectivity index (χ1n) is 9.56. The first-order valence-corrected chi connectivity index (χ1v) is 10.5. The van der Waals surface area contributed by atoms with Gasteiger partial charge in [0.1, 0.15) is 5.75 Å². The molecule has 0 radical (unpaired) electrons. The number of hydrogen-bond acceptors (Lipinski definition) is 4. The number of thioether (sulfide) groups is 1. The average Bonchev–Trinajstić information content (AvgIpc) is 3.21. The van der Waals surface area contributed by atoms with Crippen molar-refractivity contribution in [3.8, 4) is 5.75 Å².